The van der Waals surface area contributed by atoms with E-state index in [0.29, 0.717) is 0 Å². The first-order valence-electron chi connectivity index (χ1n) is 6.13. The highest BCUT2D eigenvalue weighted by atomic mass is 32.2. The van der Waals surface area contributed by atoms with Gasteiger partial charge in [0.2, 0.25) is 14.9 Å². The Hall–Kier alpha value is -2.26. The first-order valence-corrected chi connectivity index (χ1v) is 7.68. The van der Waals surface area contributed by atoms with Gasteiger partial charge in [-0.2, -0.15) is 4.68 Å². The van der Waals surface area contributed by atoms with Crippen molar-refractivity contribution >= 4 is 15.8 Å². The van der Waals surface area contributed by atoms with Crippen LogP contribution in [0, 0.1) is 10.1 Å². The predicted molar refractivity (Wildman–Crippen MR) is 75.2 cm³/mol. The molecule has 0 spiro atoms. The maximum absolute atomic E-state index is 11.3. The van der Waals surface area contributed by atoms with Crippen LogP contribution in [0.4, 0.5) is 5.82 Å². The lowest BCUT2D eigenvalue weighted by Crippen LogP contribution is -2.13. The smallest absolute Gasteiger partial charge is 0.358 e. The molecule has 2 N–H and O–H groups in total. The van der Waals surface area contributed by atoms with Crippen LogP contribution >= 0.6 is 0 Å². The molecule has 0 bridgehead atoms. The van der Waals surface area contributed by atoms with E-state index in [4.69, 9.17) is 5.14 Å². The summed E-state index contributed by atoms with van der Waals surface area (Å²) in [5.74, 6) is -0.761. The zero-order valence-corrected chi connectivity index (χ0v) is 12.1. The summed E-state index contributed by atoms with van der Waals surface area (Å²) in [5, 5.41) is 19.5. The quantitative estimate of drug-likeness (QED) is 0.653. The highest BCUT2D eigenvalue weighted by molar-refractivity contribution is 7.89. The Balaban J connectivity index is 2.34. The van der Waals surface area contributed by atoms with Gasteiger partial charge in [-0.3, -0.25) is 0 Å². The number of sulfonamides is 1. The highest BCUT2D eigenvalue weighted by Crippen LogP contribution is 2.20. The summed E-state index contributed by atoms with van der Waals surface area (Å²) >= 11 is 0. The van der Waals surface area contributed by atoms with E-state index in [9.17, 15) is 18.5 Å². The number of nitrogens with two attached hydrogens (primary N) is 1. The third kappa shape index (κ3) is 3.44. The van der Waals surface area contributed by atoms with Gasteiger partial charge < -0.3 is 10.1 Å². The van der Waals surface area contributed by atoms with Crippen molar-refractivity contribution in [1.29, 1.82) is 0 Å². The van der Waals surface area contributed by atoms with Gasteiger partial charge in [0.15, 0.2) is 0 Å². The molecule has 2 rings (SSSR count). The third-order valence-corrected chi connectivity index (χ3v) is 3.87. The lowest BCUT2D eigenvalue weighted by molar-refractivity contribution is -0.392. The van der Waals surface area contributed by atoms with Gasteiger partial charge in [-0.05, 0) is 22.5 Å². The minimum Gasteiger partial charge on any atom is -0.358 e. The molecule has 1 aromatic carbocycles. The number of rotatable bonds is 5. The van der Waals surface area contributed by atoms with Crippen LogP contribution in [0.1, 0.15) is 18.1 Å². The fourth-order valence-corrected chi connectivity index (χ4v) is 2.51. The second-order valence-corrected chi connectivity index (χ2v) is 6.02. The zero-order valence-electron chi connectivity index (χ0n) is 11.3. The number of nitro groups is 1. The van der Waals surface area contributed by atoms with Gasteiger partial charge in [-0.15, -0.1) is 0 Å². The Labute approximate surface area is 121 Å². The van der Waals surface area contributed by atoms with Crippen LogP contribution in [0.3, 0.4) is 0 Å². The Kier molecular flexibility index (Phi) is 4.05. The lowest BCUT2D eigenvalue weighted by Gasteiger charge is -2.00. The molecule has 0 saturated heterocycles. The molecule has 0 aliphatic heterocycles. The van der Waals surface area contributed by atoms with E-state index in [0.717, 1.165) is 23.7 Å². The summed E-state index contributed by atoms with van der Waals surface area (Å²) in [6, 6.07) is 7.60. The predicted octanol–water partition coefficient (Wildman–Crippen LogP) is 1.05. The number of benzene rings is 1. The summed E-state index contributed by atoms with van der Waals surface area (Å²) in [5.41, 5.74) is 2.01. The van der Waals surface area contributed by atoms with E-state index in [1.165, 1.54) is 4.68 Å². The second kappa shape index (κ2) is 5.62. The largest absolute Gasteiger partial charge is 0.410 e. The maximum Gasteiger partial charge on any atom is 0.410 e. The van der Waals surface area contributed by atoms with Crippen LogP contribution in [0.2, 0.25) is 0 Å². The normalized spacial score (nSPS) is 11.5. The van der Waals surface area contributed by atoms with Gasteiger partial charge in [0.05, 0.1) is 17.8 Å². The molecule has 112 valence electrons. The number of hydrogen-bond acceptors (Lipinski definition) is 5. The molecular formula is C12H14N4O4S. The molecule has 9 heteroatoms. The number of hydrogen-bond donors (Lipinski definition) is 1. The van der Waals surface area contributed by atoms with Crippen molar-refractivity contribution in [2.24, 2.45) is 5.14 Å². The first-order chi connectivity index (χ1) is 9.81. The van der Waals surface area contributed by atoms with Crippen molar-refractivity contribution in [3.05, 3.63) is 51.7 Å². The summed E-state index contributed by atoms with van der Waals surface area (Å²) < 4.78 is 23.8. The zero-order chi connectivity index (χ0) is 15.6. The second-order valence-electron chi connectivity index (χ2n) is 4.49. The third-order valence-electron chi connectivity index (χ3n) is 2.97. The Bertz CT molecular complexity index is 765. The monoisotopic (exact) mass is 310 g/mol. The highest BCUT2D eigenvalue weighted by Gasteiger charge is 2.28. The van der Waals surface area contributed by atoms with E-state index in [1.54, 1.807) is 0 Å². The molecule has 0 fully saturated rings. The Morgan fingerprint density at radius 2 is 1.86 bits per heavy atom. The molecule has 8 nitrogen and oxygen atoms in total. The SMILES string of the molecule is CCc1ccc(Cn2cc(S(N)(=O)=O)c([N+](=O)[O-])n2)cc1. The maximum atomic E-state index is 11.3. The van der Waals surface area contributed by atoms with E-state index >= 15 is 0 Å². The number of aryl methyl sites for hydroxylation is 1. The standard InChI is InChI=1S/C12H14N4O4S/c1-2-9-3-5-10(6-4-9)7-15-8-11(21(13,19)20)12(14-15)16(17)18/h3-6,8H,2,7H2,1H3,(H2,13,19,20). The van der Waals surface area contributed by atoms with Crippen LogP contribution in [-0.2, 0) is 23.0 Å². The number of aromatic nitrogens is 2. The summed E-state index contributed by atoms with van der Waals surface area (Å²) in [6.45, 7) is 2.25. The number of nitrogens with zero attached hydrogens (tertiary/aromatic N) is 3. The fourth-order valence-electron chi connectivity index (χ4n) is 1.87. The Morgan fingerprint density at radius 1 is 1.29 bits per heavy atom. The van der Waals surface area contributed by atoms with E-state index in [2.05, 4.69) is 5.10 Å². The summed E-state index contributed by atoms with van der Waals surface area (Å²) in [4.78, 5) is 9.38. The summed E-state index contributed by atoms with van der Waals surface area (Å²) in [6.07, 6.45) is 1.98. The van der Waals surface area contributed by atoms with Crippen LogP contribution in [0.15, 0.2) is 35.4 Å². The van der Waals surface area contributed by atoms with Crippen molar-refractivity contribution in [3.63, 3.8) is 0 Å². The average Bonchev–Trinajstić information content (AvgIpc) is 2.84. The molecule has 0 saturated carbocycles. The van der Waals surface area contributed by atoms with Gasteiger partial charge >= 0.3 is 5.82 Å². The Morgan fingerprint density at radius 3 is 2.29 bits per heavy atom. The molecule has 0 aliphatic carbocycles. The average molecular weight is 310 g/mol. The van der Waals surface area contributed by atoms with Gasteiger partial charge in [-0.1, -0.05) is 31.2 Å². The molecule has 1 aromatic heterocycles. The molecule has 0 radical (unpaired) electrons. The lowest BCUT2D eigenvalue weighted by atomic mass is 10.1. The molecule has 2 aromatic rings. The molecule has 1 heterocycles. The van der Waals surface area contributed by atoms with Crippen LogP contribution in [0.25, 0.3) is 0 Å². The topological polar surface area (TPSA) is 121 Å². The van der Waals surface area contributed by atoms with E-state index < -0.39 is 25.7 Å². The van der Waals surface area contributed by atoms with Gasteiger partial charge in [0.25, 0.3) is 0 Å². The van der Waals surface area contributed by atoms with E-state index in [-0.39, 0.29) is 6.54 Å². The van der Waals surface area contributed by atoms with Crippen molar-refractivity contribution < 1.29 is 13.3 Å². The van der Waals surface area contributed by atoms with Gasteiger partial charge in [0, 0.05) is 0 Å². The molecule has 0 amide bonds. The van der Waals surface area contributed by atoms with Crippen molar-refractivity contribution in [2.45, 2.75) is 24.8 Å². The van der Waals surface area contributed by atoms with Crippen LogP contribution in [0.5, 0.6) is 0 Å². The molecule has 21 heavy (non-hydrogen) atoms. The minimum atomic E-state index is -4.19. The van der Waals surface area contributed by atoms with Crippen molar-refractivity contribution in [3.8, 4) is 0 Å². The summed E-state index contributed by atoms with van der Waals surface area (Å²) in [7, 11) is -4.19. The molecule has 0 aliphatic rings. The minimum absolute atomic E-state index is 0.223. The van der Waals surface area contributed by atoms with Crippen LogP contribution < -0.4 is 5.14 Å². The van der Waals surface area contributed by atoms with E-state index in [1.807, 2.05) is 31.2 Å². The van der Waals surface area contributed by atoms with Crippen molar-refractivity contribution in [2.75, 3.05) is 0 Å². The fraction of sp³-hybridized carbons (Fsp3) is 0.250. The molecular weight excluding hydrogens is 296 g/mol. The van der Waals surface area contributed by atoms with Gasteiger partial charge in [0.1, 0.15) is 0 Å². The first kappa shape index (κ1) is 15.1. The van der Waals surface area contributed by atoms with Crippen molar-refractivity contribution in [1.82, 2.24) is 9.78 Å². The van der Waals surface area contributed by atoms with Gasteiger partial charge in [-0.25, -0.2) is 13.6 Å². The molecule has 0 unspecified atom stereocenters. The number of primary sulfonamides is 1. The molecule has 0 atom stereocenters. The van der Waals surface area contributed by atoms with Crippen LogP contribution in [-0.4, -0.2) is 23.1 Å².